The monoisotopic (exact) mass is 520 g/mol. The summed E-state index contributed by atoms with van der Waals surface area (Å²) in [4.78, 5) is 11.5. The molecule has 3 aliphatic rings. The average Bonchev–Trinajstić information content (AvgIpc) is 2.79. The number of carbonyl (C=O) groups is 1. The molecule has 0 aromatic carbocycles. The Labute approximate surface area is 212 Å². The van der Waals surface area contributed by atoms with Crippen LogP contribution in [0.15, 0.2) is 0 Å². The van der Waals surface area contributed by atoms with Gasteiger partial charge in [0.05, 0.1) is 18.8 Å². The van der Waals surface area contributed by atoms with Crippen molar-refractivity contribution in [3.63, 3.8) is 0 Å². The number of hydrogen-bond acceptors (Lipinski definition) is 11. The Balaban J connectivity index is 1.61. The van der Waals surface area contributed by atoms with Crippen molar-refractivity contribution in [1.82, 2.24) is 0 Å². The average molecular weight is 521 g/mol. The molecule has 0 spiro atoms. The third-order valence-electron chi connectivity index (χ3n) is 8.11. The Morgan fingerprint density at radius 1 is 0.889 bits per heavy atom. The number of hydrogen-bond donors (Lipinski definition) is 6. The number of Topliss-reactive ketones (excluding diaryl/α,β-unsaturated/α-hetero) is 1. The predicted octanol–water partition coefficient (Wildman–Crippen LogP) is -0.535. The molecule has 6 N–H and O–H groups in total. The van der Waals surface area contributed by atoms with Crippen molar-refractivity contribution >= 4 is 5.78 Å². The molecule has 2 saturated heterocycles. The highest BCUT2D eigenvalue weighted by Gasteiger charge is 2.49. The van der Waals surface area contributed by atoms with Gasteiger partial charge in [-0.3, -0.25) is 0 Å². The number of ether oxygens (including phenoxy) is 4. The highest BCUT2D eigenvalue weighted by molar-refractivity contribution is 5.75. The summed E-state index contributed by atoms with van der Waals surface area (Å²) in [6, 6.07) is 0. The smallest absolute Gasteiger partial charge is 0.186 e. The summed E-state index contributed by atoms with van der Waals surface area (Å²) in [6.45, 7) is 9.18. The van der Waals surface area contributed by atoms with Gasteiger partial charge in [0.15, 0.2) is 12.6 Å². The fraction of sp³-hybridized carbons (Fsp3) is 0.960. The fourth-order valence-electron chi connectivity index (χ4n) is 6.01. The van der Waals surface area contributed by atoms with Crippen molar-refractivity contribution < 1.29 is 54.4 Å². The lowest BCUT2D eigenvalue weighted by molar-refractivity contribution is -0.336. The van der Waals surface area contributed by atoms with Gasteiger partial charge in [-0.05, 0) is 50.4 Å². The maximum absolute atomic E-state index is 11.5. The highest BCUT2D eigenvalue weighted by Crippen LogP contribution is 2.47. The molecule has 13 atom stereocenters. The van der Waals surface area contributed by atoms with E-state index in [9.17, 15) is 35.4 Å². The molecule has 0 bridgehead atoms. The van der Waals surface area contributed by atoms with Crippen LogP contribution in [-0.4, -0.2) is 111 Å². The van der Waals surface area contributed by atoms with E-state index in [-0.39, 0.29) is 29.8 Å². The number of ketones is 1. The van der Waals surface area contributed by atoms with Crippen molar-refractivity contribution in [1.29, 1.82) is 0 Å². The molecule has 2 heterocycles. The molecule has 0 aromatic rings. The Morgan fingerprint density at radius 2 is 1.50 bits per heavy atom. The van der Waals surface area contributed by atoms with E-state index < -0.39 is 61.4 Å². The van der Waals surface area contributed by atoms with E-state index >= 15 is 0 Å². The van der Waals surface area contributed by atoms with E-state index in [0.29, 0.717) is 25.2 Å². The van der Waals surface area contributed by atoms with Crippen LogP contribution in [0.5, 0.6) is 0 Å². The summed E-state index contributed by atoms with van der Waals surface area (Å²) in [5.74, 6) is 0.773. The minimum atomic E-state index is -1.56. The molecule has 36 heavy (non-hydrogen) atoms. The van der Waals surface area contributed by atoms with E-state index in [1.54, 1.807) is 6.92 Å². The normalized spacial score (nSPS) is 47.5. The second-order valence-corrected chi connectivity index (χ2v) is 11.5. The zero-order chi connectivity index (χ0) is 26.9. The first kappa shape index (κ1) is 29.8. The number of aliphatic hydroxyl groups excluding tert-OH is 6. The molecular formula is C25H44O11. The summed E-state index contributed by atoms with van der Waals surface area (Å²) in [6.07, 6.45) is -10.8. The first-order valence-corrected chi connectivity index (χ1v) is 12.9. The van der Waals surface area contributed by atoms with Gasteiger partial charge in [-0.15, -0.1) is 0 Å². The maximum atomic E-state index is 11.5. The van der Waals surface area contributed by atoms with Crippen LogP contribution in [0.25, 0.3) is 0 Å². The second-order valence-electron chi connectivity index (χ2n) is 11.5. The van der Waals surface area contributed by atoms with Gasteiger partial charge in [0.25, 0.3) is 0 Å². The van der Waals surface area contributed by atoms with Crippen LogP contribution in [0, 0.1) is 17.3 Å². The van der Waals surface area contributed by atoms with E-state index in [2.05, 4.69) is 20.8 Å². The molecular weight excluding hydrogens is 476 g/mol. The van der Waals surface area contributed by atoms with Crippen LogP contribution in [0.2, 0.25) is 0 Å². The molecule has 210 valence electrons. The van der Waals surface area contributed by atoms with Crippen LogP contribution in [0.1, 0.15) is 60.3 Å². The topological polar surface area (TPSA) is 175 Å². The lowest BCUT2D eigenvalue weighted by Gasteiger charge is -2.48. The van der Waals surface area contributed by atoms with E-state index in [0.717, 1.165) is 6.42 Å². The van der Waals surface area contributed by atoms with Gasteiger partial charge >= 0.3 is 0 Å². The molecule has 11 heteroatoms. The first-order valence-electron chi connectivity index (χ1n) is 12.9. The van der Waals surface area contributed by atoms with Gasteiger partial charge in [-0.1, -0.05) is 20.8 Å². The van der Waals surface area contributed by atoms with Crippen molar-refractivity contribution in [2.75, 3.05) is 6.61 Å². The van der Waals surface area contributed by atoms with Crippen molar-refractivity contribution in [3.8, 4) is 0 Å². The van der Waals surface area contributed by atoms with Crippen molar-refractivity contribution in [2.45, 2.75) is 128 Å². The van der Waals surface area contributed by atoms with E-state index in [1.807, 2.05) is 0 Å². The zero-order valence-corrected chi connectivity index (χ0v) is 21.8. The summed E-state index contributed by atoms with van der Waals surface area (Å²) >= 11 is 0. The molecule has 11 nitrogen and oxygen atoms in total. The molecule has 2 aliphatic heterocycles. The summed E-state index contributed by atoms with van der Waals surface area (Å²) in [5, 5.41) is 61.4. The minimum absolute atomic E-state index is 0.116. The molecule has 0 radical (unpaired) electrons. The maximum Gasteiger partial charge on any atom is 0.186 e. The number of carbonyl (C=O) groups excluding carboxylic acids is 1. The quantitative estimate of drug-likeness (QED) is 0.242. The van der Waals surface area contributed by atoms with Crippen LogP contribution in [0.3, 0.4) is 0 Å². The van der Waals surface area contributed by atoms with Crippen molar-refractivity contribution in [2.24, 2.45) is 17.3 Å². The zero-order valence-electron chi connectivity index (χ0n) is 21.8. The molecule has 0 amide bonds. The third-order valence-corrected chi connectivity index (χ3v) is 8.11. The van der Waals surface area contributed by atoms with Crippen LogP contribution >= 0.6 is 0 Å². The van der Waals surface area contributed by atoms with Crippen LogP contribution < -0.4 is 0 Å². The van der Waals surface area contributed by atoms with Crippen molar-refractivity contribution in [3.05, 3.63) is 0 Å². The predicted molar refractivity (Wildman–Crippen MR) is 125 cm³/mol. The standard InChI is InChI=1S/C25H44O11/c1-11-8-14(9-25(4,5)15(11)7-6-12(2)26)35-24-22(32)20(30)18(28)16(36-24)10-33-23-21(31)19(29)17(27)13(3)34-23/h11,13-24,27-32H,6-10H2,1-5H3. The fourth-order valence-corrected chi connectivity index (χ4v) is 6.01. The van der Waals surface area contributed by atoms with Crippen LogP contribution in [-0.2, 0) is 23.7 Å². The lowest BCUT2D eigenvalue weighted by Crippen LogP contribution is -2.61. The molecule has 0 aromatic heterocycles. The number of rotatable bonds is 8. The molecule has 3 fully saturated rings. The third kappa shape index (κ3) is 6.63. The Morgan fingerprint density at radius 3 is 2.11 bits per heavy atom. The minimum Gasteiger partial charge on any atom is -0.388 e. The molecule has 3 rings (SSSR count). The summed E-state index contributed by atoms with van der Waals surface area (Å²) in [5.41, 5.74) is -0.116. The summed E-state index contributed by atoms with van der Waals surface area (Å²) in [7, 11) is 0. The number of aliphatic hydroxyl groups is 6. The molecule has 13 unspecified atom stereocenters. The van der Waals surface area contributed by atoms with Gasteiger partial charge in [0, 0.05) is 6.42 Å². The second kappa shape index (κ2) is 12.0. The Kier molecular flexibility index (Phi) is 9.92. The van der Waals surface area contributed by atoms with Gasteiger partial charge in [-0.25, -0.2) is 0 Å². The lowest BCUT2D eigenvalue weighted by atomic mass is 9.61. The first-order chi connectivity index (χ1) is 16.7. The van der Waals surface area contributed by atoms with Gasteiger partial charge in [-0.2, -0.15) is 0 Å². The SMILES string of the molecule is CC(=O)CCC1C(C)CC(OC2OC(COC3OC(C)C(O)C(O)C3O)C(O)C(O)C2O)CC1(C)C. The Bertz CT molecular complexity index is 733. The highest BCUT2D eigenvalue weighted by atomic mass is 16.7. The van der Waals surface area contributed by atoms with Gasteiger partial charge < -0.3 is 54.4 Å². The Hall–Kier alpha value is -0.730. The van der Waals surface area contributed by atoms with Gasteiger partial charge in [0.2, 0.25) is 0 Å². The van der Waals surface area contributed by atoms with Gasteiger partial charge in [0.1, 0.15) is 48.5 Å². The summed E-state index contributed by atoms with van der Waals surface area (Å²) < 4.78 is 22.8. The van der Waals surface area contributed by atoms with E-state index in [1.165, 1.54) is 6.92 Å². The molecule has 1 aliphatic carbocycles. The van der Waals surface area contributed by atoms with Crippen LogP contribution in [0.4, 0.5) is 0 Å². The van der Waals surface area contributed by atoms with E-state index in [4.69, 9.17) is 18.9 Å². The molecule has 1 saturated carbocycles. The largest absolute Gasteiger partial charge is 0.388 e.